The van der Waals surface area contributed by atoms with Gasteiger partial charge >= 0.3 is 0 Å². The van der Waals surface area contributed by atoms with Crippen LogP contribution in [0.3, 0.4) is 0 Å². The molecular weight excluding hydrogens is 170 g/mol. The normalized spacial score (nSPS) is 13.2. The van der Waals surface area contributed by atoms with E-state index < -0.39 is 0 Å². The Morgan fingerprint density at radius 3 is 2.83 bits per heavy atom. The SMILES string of the molecule is CCc1ccc(C(O)CNC)s1. The fourth-order valence-corrected chi connectivity index (χ4v) is 2.00. The molecule has 1 atom stereocenters. The Hall–Kier alpha value is -0.380. The average Bonchev–Trinajstić information content (AvgIpc) is 2.52. The Balaban J connectivity index is 2.61. The van der Waals surface area contributed by atoms with E-state index in [2.05, 4.69) is 18.3 Å². The number of hydrogen-bond acceptors (Lipinski definition) is 3. The van der Waals surface area contributed by atoms with Gasteiger partial charge in [-0.3, -0.25) is 0 Å². The summed E-state index contributed by atoms with van der Waals surface area (Å²) in [7, 11) is 1.84. The lowest BCUT2D eigenvalue weighted by Crippen LogP contribution is -2.15. The van der Waals surface area contributed by atoms with Crippen molar-refractivity contribution in [2.45, 2.75) is 19.4 Å². The maximum Gasteiger partial charge on any atom is 0.101 e. The monoisotopic (exact) mass is 185 g/mol. The summed E-state index contributed by atoms with van der Waals surface area (Å²) in [5, 5.41) is 12.5. The first-order valence-corrected chi connectivity index (χ1v) is 5.00. The summed E-state index contributed by atoms with van der Waals surface area (Å²) in [4.78, 5) is 2.39. The summed E-state index contributed by atoms with van der Waals surface area (Å²) in [5.41, 5.74) is 0. The third-order valence-electron chi connectivity index (χ3n) is 1.76. The van der Waals surface area contributed by atoms with Crippen LogP contribution in [0.25, 0.3) is 0 Å². The molecule has 0 aliphatic carbocycles. The van der Waals surface area contributed by atoms with Gasteiger partial charge < -0.3 is 10.4 Å². The van der Waals surface area contributed by atoms with Gasteiger partial charge in [0.15, 0.2) is 0 Å². The van der Waals surface area contributed by atoms with Crippen molar-refractivity contribution < 1.29 is 5.11 Å². The van der Waals surface area contributed by atoms with E-state index in [0.29, 0.717) is 6.54 Å². The predicted octanol–water partition coefficient (Wildman–Crippen LogP) is 1.56. The Kier molecular flexibility index (Phi) is 3.72. The quantitative estimate of drug-likeness (QED) is 0.746. The second-order valence-corrected chi connectivity index (χ2v) is 3.93. The van der Waals surface area contributed by atoms with Crippen LogP contribution in [0, 0.1) is 0 Å². The number of aliphatic hydroxyl groups is 1. The first-order chi connectivity index (χ1) is 5.77. The van der Waals surface area contributed by atoms with Crippen molar-refractivity contribution in [3.05, 3.63) is 21.9 Å². The molecule has 1 unspecified atom stereocenters. The predicted molar refractivity (Wildman–Crippen MR) is 52.6 cm³/mol. The summed E-state index contributed by atoms with van der Waals surface area (Å²) in [6.07, 6.45) is 0.706. The van der Waals surface area contributed by atoms with Crippen LogP contribution in [0.1, 0.15) is 22.8 Å². The molecule has 0 spiro atoms. The second kappa shape index (κ2) is 4.60. The minimum Gasteiger partial charge on any atom is -0.386 e. The third-order valence-corrected chi connectivity index (χ3v) is 3.09. The van der Waals surface area contributed by atoms with E-state index >= 15 is 0 Å². The maximum atomic E-state index is 9.58. The van der Waals surface area contributed by atoms with Gasteiger partial charge in [0, 0.05) is 16.3 Å². The summed E-state index contributed by atoms with van der Waals surface area (Å²) in [6, 6.07) is 4.09. The molecule has 0 amide bonds. The highest BCUT2D eigenvalue weighted by Gasteiger charge is 2.08. The third kappa shape index (κ3) is 2.30. The van der Waals surface area contributed by atoms with Crippen molar-refractivity contribution in [2.75, 3.05) is 13.6 Å². The molecule has 0 aliphatic rings. The van der Waals surface area contributed by atoms with E-state index in [9.17, 15) is 5.11 Å². The Morgan fingerprint density at radius 2 is 2.33 bits per heavy atom. The fraction of sp³-hybridized carbons (Fsp3) is 0.556. The van der Waals surface area contributed by atoms with Gasteiger partial charge in [-0.1, -0.05) is 6.92 Å². The highest BCUT2D eigenvalue weighted by atomic mass is 32.1. The van der Waals surface area contributed by atoms with Gasteiger partial charge in [0.25, 0.3) is 0 Å². The van der Waals surface area contributed by atoms with Gasteiger partial charge in [-0.05, 0) is 25.6 Å². The van der Waals surface area contributed by atoms with Crippen molar-refractivity contribution in [3.63, 3.8) is 0 Å². The van der Waals surface area contributed by atoms with Crippen LogP contribution in [-0.2, 0) is 6.42 Å². The molecule has 0 aromatic carbocycles. The highest BCUT2D eigenvalue weighted by Crippen LogP contribution is 2.22. The van der Waals surface area contributed by atoms with Crippen LogP contribution < -0.4 is 5.32 Å². The molecule has 0 aliphatic heterocycles. The largest absolute Gasteiger partial charge is 0.386 e. The lowest BCUT2D eigenvalue weighted by atomic mass is 10.3. The summed E-state index contributed by atoms with van der Waals surface area (Å²) in [6.45, 7) is 2.75. The van der Waals surface area contributed by atoms with Crippen LogP contribution in [0.4, 0.5) is 0 Å². The Bertz CT molecular complexity index is 234. The Labute approximate surface area is 77.2 Å². The first-order valence-electron chi connectivity index (χ1n) is 4.19. The smallest absolute Gasteiger partial charge is 0.101 e. The summed E-state index contributed by atoms with van der Waals surface area (Å²) in [5.74, 6) is 0. The van der Waals surface area contributed by atoms with Crippen LogP contribution in [0.15, 0.2) is 12.1 Å². The van der Waals surface area contributed by atoms with Gasteiger partial charge in [0.2, 0.25) is 0 Å². The topological polar surface area (TPSA) is 32.3 Å². The molecule has 0 fully saturated rings. The average molecular weight is 185 g/mol. The van der Waals surface area contributed by atoms with Gasteiger partial charge in [0.05, 0.1) is 0 Å². The fourth-order valence-electron chi connectivity index (χ4n) is 1.06. The molecule has 0 saturated heterocycles. The minimum atomic E-state index is -0.347. The molecule has 2 N–H and O–H groups in total. The molecule has 3 heteroatoms. The summed E-state index contributed by atoms with van der Waals surface area (Å²) < 4.78 is 0. The highest BCUT2D eigenvalue weighted by molar-refractivity contribution is 7.12. The van der Waals surface area contributed by atoms with E-state index in [1.54, 1.807) is 11.3 Å². The Morgan fingerprint density at radius 1 is 1.58 bits per heavy atom. The van der Waals surface area contributed by atoms with E-state index in [0.717, 1.165) is 11.3 Å². The van der Waals surface area contributed by atoms with Crippen molar-refractivity contribution in [2.24, 2.45) is 0 Å². The van der Waals surface area contributed by atoms with Crippen LogP contribution in [0.5, 0.6) is 0 Å². The van der Waals surface area contributed by atoms with Crippen LogP contribution >= 0.6 is 11.3 Å². The number of rotatable bonds is 4. The molecule has 2 nitrogen and oxygen atoms in total. The maximum absolute atomic E-state index is 9.58. The molecule has 1 rings (SSSR count). The van der Waals surface area contributed by atoms with E-state index in [-0.39, 0.29) is 6.10 Å². The molecule has 68 valence electrons. The van der Waals surface area contributed by atoms with E-state index in [1.165, 1.54) is 4.88 Å². The van der Waals surface area contributed by atoms with Crippen molar-refractivity contribution in [3.8, 4) is 0 Å². The zero-order valence-electron chi connectivity index (χ0n) is 7.50. The second-order valence-electron chi connectivity index (χ2n) is 2.73. The number of thiophene rings is 1. The number of aliphatic hydroxyl groups excluding tert-OH is 1. The molecule has 1 aromatic rings. The van der Waals surface area contributed by atoms with Gasteiger partial charge in [0.1, 0.15) is 6.10 Å². The van der Waals surface area contributed by atoms with Crippen molar-refractivity contribution >= 4 is 11.3 Å². The molecule has 0 saturated carbocycles. The molecule has 1 aromatic heterocycles. The number of hydrogen-bond donors (Lipinski definition) is 2. The van der Waals surface area contributed by atoms with Crippen molar-refractivity contribution in [1.82, 2.24) is 5.32 Å². The van der Waals surface area contributed by atoms with Gasteiger partial charge in [-0.15, -0.1) is 11.3 Å². The molecule has 1 heterocycles. The molecule has 0 radical (unpaired) electrons. The van der Waals surface area contributed by atoms with Crippen molar-refractivity contribution in [1.29, 1.82) is 0 Å². The number of likely N-dealkylation sites (N-methyl/N-ethyl adjacent to an activating group) is 1. The van der Waals surface area contributed by atoms with Crippen LogP contribution in [0.2, 0.25) is 0 Å². The summed E-state index contributed by atoms with van der Waals surface area (Å²) >= 11 is 1.69. The molecular formula is C9H15NOS. The molecule has 12 heavy (non-hydrogen) atoms. The van der Waals surface area contributed by atoms with Gasteiger partial charge in [-0.2, -0.15) is 0 Å². The van der Waals surface area contributed by atoms with Gasteiger partial charge in [-0.25, -0.2) is 0 Å². The van der Waals surface area contributed by atoms with Crippen LogP contribution in [-0.4, -0.2) is 18.7 Å². The molecule has 0 bridgehead atoms. The first kappa shape index (κ1) is 9.71. The van der Waals surface area contributed by atoms with E-state index in [1.807, 2.05) is 13.1 Å². The zero-order chi connectivity index (χ0) is 8.97. The number of nitrogens with one attached hydrogen (secondary N) is 1. The zero-order valence-corrected chi connectivity index (χ0v) is 8.32. The number of aryl methyl sites for hydroxylation is 1. The van der Waals surface area contributed by atoms with E-state index in [4.69, 9.17) is 0 Å². The standard InChI is InChI=1S/C9H15NOS/c1-3-7-4-5-9(12-7)8(11)6-10-2/h4-5,8,10-11H,3,6H2,1-2H3. The lowest BCUT2D eigenvalue weighted by Gasteiger charge is -2.05. The lowest BCUT2D eigenvalue weighted by molar-refractivity contribution is 0.181. The minimum absolute atomic E-state index is 0.347.